The van der Waals surface area contributed by atoms with Gasteiger partial charge >= 0.3 is 0 Å². The predicted molar refractivity (Wildman–Crippen MR) is 90.4 cm³/mol. The number of ketones is 1. The second-order valence-electron chi connectivity index (χ2n) is 7.07. The van der Waals surface area contributed by atoms with Gasteiger partial charge in [-0.05, 0) is 31.7 Å². The highest BCUT2D eigenvalue weighted by Crippen LogP contribution is 2.32. The zero-order chi connectivity index (χ0) is 17.1. The molecular weight excluding hydrogens is 302 g/mol. The van der Waals surface area contributed by atoms with Gasteiger partial charge in [-0.1, -0.05) is 19.3 Å². The molecular formula is C19H25N3O2. The summed E-state index contributed by atoms with van der Waals surface area (Å²) in [5.74, 6) is 0.288. The van der Waals surface area contributed by atoms with Crippen LogP contribution in [0.2, 0.25) is 0 Å². The second kappa shape index (κ2) is 7.21. The molecule has 1 aliphatic carbocycles. The van der Waals surface area contributed by atoms with E-state index in [0.29, 0.717) is 30.0 Å². The standard InChI is InChI=1S/C19H25N3O2/c1-21-13-14(12-20)11-17(21)19(24)22-10-6-2-3-8-16(22)15-7-4-5-9-18(15)23/h11,13,15-16H,2-10H2,1H3. The first kappa shape index (κ1) is 16.8. The Kier molecular flexibility index (Phi) is 5.03. The zero-order valence-corrected chi connectivity index (χ0v) is 14.3. The van der Waals surface area contributed by atoms with Crippen molar-refractivity contribution in [3.05, 3.63) is 23.5 Å². The van der Waals surface area contributed by atoms with Crippen molar-refractivity contribution in [1.29, 1.82) is 5.26 Å². The van der Waals surface area contributed by atoms with E-state index in [1.807, 2.05) is 4.90 Å². The molecule has 2 atom stereocenters. The quantitative estimate of drug-likeness (QED) is 0.838. The fourth-order valence-electron chi connectivity index (χ4n) is 4.21. The Morgan fingerprint density at radius 1 is 1.21 bits per heavy atom. The number of hydrogen-bond acceptors (Lipinski definition) is 3. The summed E-state index contributed by atoms with van der Waals surface area (Å²) in [7, 11) is 1.80. The monoisotopic (exact) mass is 327 g/mol. The first-order valence-electron chi connectivity index (χ1n) is 9.02. The normalized spacial score (nSPS) is 25.2. The van der Waals surface area contributed by atoms with Gasteiger partial charge in [0.25, 0.3) is 5.91 Å². The van der Waals surface area contributed by atoms with E-state index < -0.39 is 0 Å². The highest BCUT2D eigenvalue weighted by molar-refractivity contribution is 5.94. The second-order valence-corrected chi connectivity index (χ2v) is 7.07. The Morgan fingerprint density at radius 3 is 2.71 bits per heavy atom. The van der Waals surface area contributed by atoms with E-state index in [1.165, 1.54) is 0 Å². The third kappa shape index (κ3) is 3.24. The van der Waals surface area contributed by atoms with Gasteiger partial charge in [0.15, 0.2) is 0 Å². The van der Waals surface area contributed by atoms with Crippen molar-refractivity contribution in [3.63, 3.8) is 0 Å². The van der Waals surface area contributed by atoms with Crippen LogP contribution in [0.25, 0.3) is 0 Å². The molecule has 128 valence electrons. The molecule has 1 saturated carbocycles. The van der Waals surface area contributed by atoms with Gasteiger partial charge in [-0.15, -0.1) is 0 Å². The molecule has 0 spiro atoms. The lowest BCUT2D eigenvalue weighted by atomic mass is 9.80. The molecule has 0 aromatic carbocycles. The Morgan fingerprint density at radius 2 is 2.00 bits per heavy atom. The fraction of sp³-hybridized carbons (Fsp3) is 0.632. The van der Waals surface area contributed by atoms with Crippen LogP contribution < -0.4 is 0 Å². The lowest BCUT2D eigenvalue weighted by Gasteiger charge is -2.37. The maximum absolute atomic E-state index is 13.1. The van der Waals surface area contributed by atoms with Gasteiger partial charge in [0.1, 0.15) is 17.5 Å². The number of rotatable bonds is 2. The molecule has 3 rings (SSSR count). The van der Waals surface area contributed by atoms with Crippen LogP contribution in [0.4, 0.5) is 0 Å². The van der Waals surface area contributed by atoms with E-state index in [9.17, 15) is 9.59 Å². The third-order valence-corrected chi connectivity index (χ3v) is 5.48. The SMILES string of the molecule is Cn1cc(C#N)cc1C(=O)N1CCCCCC1C1CCCCC1=O. The maximum Gasteiger partial charge on any atom is 0.270 e. The van der Waals surface area contributed by atoms with Crippen molar-refractivity contribution < 1.29 is 9.59 Å². The molecule has 0 bridgehead atoms. The average Bonchev–Trinajstić information content (AvgIpc) is 2.80. The molecule has 1 saturated heterocycles. The average molecular weight is 327 g/mol. The molecule has 2 heterocycles. The molecule has 5 nitrogen and oxygen atoms in total. The van der Waals surface area contributed by atoms with E-state index in [0.717, 1.165) is 44.9 Å². The number of carbonyl (C=O) groups is 2. The molecule has 1 amide bonds. The van der Waals surface area contributed by atoms with E-state index in [1.54, 1.807) is 23.9 Å². The number of nitriles is 1. The summed E-state index contributed by atoms with van der Waals surface area (Å²) in [6.45, 7) is 0.709. The van der Waals surface area contributed by atoms with Crippen LogP contribution in [0.5, 0.6) is 0 Å². The number of nitrogens with zero attached hydrogens (tertiary/aromatic N) is 3. The summed E-state index contributed by atoms with van der Waals surface area (Å²) in [5.41, 5.74) is 1.04. The molecule has 5 heteroatoms. The Bertz CT molecular complexity index is 671. The summed E-state index contributed by atoms with van der Waals surface area (Å²) in [6.07, 6.45) is 9.40. The molecule has 2 aliphatic rings. The van der Waals surface area contributed by atoms with E-state index in [2.05, 4.69) is 6.07 Å². The minimum absolute atomic E-state index is 0.00324. The summed E-state index contributed by atoms with van der Waals surface area (Å²) in [4.78, 5) is 27.5. The van der Waals surface area contributed by atoms with E-state index >= 15 is 0 Å². The molecule has 2 fully saturated rings. The minimum Gasteiger partial charge on any atom is -0.345 e. The number of carbonyl (C=O) groups excluding carboxylic acids is 2. The van der Waals surface area contributed by atoms with Crippen LogP contribution in [0, 0.1) is 17.2 Å². The topological polar surface area (TPSA) is 66.1 Å². The number of amides is 1. The van der Waals surface area contributed by atoms with Gasteiger partial charge < -0.3 is 9.47 Å². The van der Waals surface area contributed by atoms with Gasteiger partial charge in [0.05, 0.1) is 5.56 Å². The predicted octanol–water partition coefficient (Wildman–Crippen LogP) is 3.04. The number of aryl methyl sites for hydroxylation is 1. The number of likely N-dealkylation sites (tertiary alicyclic amines) is 1. The number of hydrogen-bond donors (Lipinski definition) is 0. The highest BCUT2D eigenvalue weighted by Gasteiger charge is 2.37. The Balaban J connectivity index is 1.89. The van der Waals surface area contributed by atoms with Crippen molar-refractivity contribution >= 4 is 11.7 Å². The van der Waals surface area contributed by atoms with E-state index in [-0.39, 0.29) is 17.9 Å². The number of aromatic nitrogens is 1. The van der Waals surface area contributed by atoms with Crippen LogP contribution in [-0.2, 0) is 11.8 Å². The van der Waals surface area contributed by atoms with Crippen LogP contribution in [0.1, 0.15) is 67.4 Å². The van der Waals surface area contributed by atoms with Gasteiger partial charge in [-0.25, -0.2) is 0 Å². The van der Waals surface area contributed by atoms with Crippen molar-refractivity contribution in [2.45, 2.75) is 57.4 Å². The smallest absolute Gasteiger partial charge is 0.270 e. The van der Waals surface area contributed by atoms with Crippen molar-refractivity contribution in [1.82, 2.24) is 9.47 Å². The molecule has 24 heavy (non-hydrogen) atoms. The Hall–Kier alpha value is -2.09. The summed E-state index contributed by atoms with van der Waals surface area (Å²) >= 11 is 0. The van der Waals surface area contributed by atoms with Gasteiger partial charge in [0, 0.05) is 38.2 Å². The maximum atomic E-state index is 13.1. The molecule has 2 unspecified atom stereocenters. The summed E-state index contributed by atoms with van der Waals surface area (Å²) in [6, 6.07) is 3.78. The number of Topliss-reactive ketones (excluding diaryl/α,β-unsaturated/α-hetero) is 1. The van der Waals surface area contributed by atoms with E-state index in [4.69, 9.17) is 5.26 Å². The Labute approximate surface area is 143 Å². The largest absolute Gasteiger partial charge is 0.345 e. The van der Waals surface area contributed by atoms with Crippen molar-refractivity contribution in [3.8, 4) is 6.07 Å². The summed E-state index contributed by atoms with van der Waals surface area (Å²) < 4.78 is 1.73. The zero-order valence-electron chi connectivity index (χ0n) is 14.3. The highest BCUT2D eigenvalue weighted by atomic mass is 16.2. The van der Waals surface area contributed by atoms with Gasteiger partial charge in [0.2, 0.25) is 0 Å². The molecule has 1 aromatic rings. The first-order chi connectivity index (χ1) is 11.6. The van der Waals surface area contributed by atoms with Crippen LogP contribution >= 0.6 is 0 Å². The lowest BCUT2D eigenvalue weighted by molar-refractivity contribution is -0.126. The van der Waals surface area contributed by atoms with Crippen LogP contribution in [-0.4, -0.2) is 33.7 Å². The molecule has 1 aliphatic heterocycles. The van der Waals surface area contributed by atoms with Crippen LogP contribution in [0.3, 0.4) is 0 Å². The molecule has 0 radical (unpaired) electrons. The molecule has 1 aromatic heterocycles. The summed E-state index contributed by atoms with van der Waals surface area (Å²) in [5, 5.41) is 9.07. The van der Waals surface area contributed by atoms with Crippen LogP contribution in [0.15, 0.2) is 12.3 Å². The third-order valence-electron chi connectivity index (χ3n) is 5.48. The van der Waals surface area contributed by atoms with Gasteiger partial charge in [-0.2, -0.15) is 5.26 Å². The fourth-order valence-corrected chi connectivity index (χ4v) is 4.21. The first-order valence-corrected chi connectivity index (χ1v) is 9.02. The van der Waals surface area contributed by atoms with Crippen molar-refractivity contribution in [2.24, 2.45) is 13.0 Å². The lowest BCUT2D eigenvalue weighted by Crippen LogP contribution is -2.47. The molecule has 0 N–H and O–H groups in total. The minimum atomic E-state index is -0.0377. The van der Waals surface area contributed by atoms with Gasteiger partial charge in [-0.3, -0.25) is 9.59 Å². The van der Waals surface area contributed by atoms with Crippen molar-refractivity contribution in [2.75, 3.05) is 6.54 Å².